The van der Waals surface area contributed by atoms with Crippen LogP contribution in [0.5, 0.6) is 0 Å². The first-order valence-corrected chi connectivity index (χ1v) is 7.08. The second-order valence-electron chi connectivity index (χ2n) is 5.81. The first kappa shape index (κ1) is 15.5. The van der Waals surface area contributed by atoms with Gasteiger partial charge in [0.25, 0.3) is 5.91 Å². The van der Waals surface area contributed by atoms with Gasteiger partial charge in [-0.1, -0.05) is 17.2 Å². The lowest BCUT2D eigenvalue weighted by molar-refractivity contribution is -0.122. The molecule has 0 spiro atoms. The zero-order valence-corrected chi connectivity index (χ0v) is 12.8. The fourth-order valence-electron chi connectivity index (χ4n) is 3.02. The van der Waals surface area contributed by atoms with Crippen LogP contribution in [0.2, 0.25) is 0 Å². The highest BCUT2D eigenvalue weighted by molar-refractivity contribution is 5.95. The van der Waals surface area contributed by atoms with Crippen molar-refractivity contribution in [2.45, 2.75) is 13.8 Å². The summed E-state index contributed by atoms with van der Waals surface area (Å²) in [6.45, 7) is 5.24. The largest absolute Gasteiger partial charge is 0.384 e. The van der Waals surface area contributed by atoms with Gasteiger partial charge in [0.2, 0.25) is 5.91 Å². The van der Waals surface area contributed by atoms with Gasteiger partial charge in [0.15, 0.2) is 0 Å². The zero-order valence-electron chi connectivity index (χ0n) is 12.8. The molecule has 21 heavy (non-hydrogen) atoms. The Kier molecular flexibility index (Phi) is 4.63. The van der Waals surface area contributed by atoms with Crippen LogP contribution >= 0.6 is 0 Å². The van der Waals surface area contributed by atoms with Gasteiger partial charge in [-0.25, -0.2) is 0 Å². The molecule has 1 aliphatic rings. The highest BCUT2D eigenvalue weighted by atomic mass is 16.5. The number of rotatable bonds is 4. The molecular formula is C16H22N2O3. The van der Waals surface area contributed by atoms with Crippen molar-refractivity contribution in [2.75, 3.05) is 26.8 Å². The van der Waals surface area contributed by atoms with E-state index in [1.54, 1.807) is 12.0 Å². The van der Waals surface area contributed by atoms with Crippen molar-refractivity contribution in [3.8, 4) is 0 Å². The molecule has 2 amide bonds. The van der Waals surface area contributed by atoms with Gasteiger partial charge in [-0.05, 0) is 26.0 Å². The topological polar surface area (TPSA) is 72.6 Å². The minimum Gasteiger partial charge on any atom is -0.384 e. The molecule has 5 nitrogen and oxygen atoms in total. The SMILES string of the molecule is COC[C@@H]1CN(C(=O)c2cc(C)cc(C)c2)C[C@H]1C(N)=O. The Hall–Kier alpha value is -1.88. The van der Waals surface area contributed by atoms with Crippen molar-refractivity contribution >= 4 is 11.8 Å². The second kappa shape index (κ2) is 6.26. The number of hydrogen-bond acceptors (Lipinski definition) is 3. The summed E-state index contributed by atoms with van der Waals surface area (Å²) < 4.78 is 5.13. The molecule has 1 aliphatic heterocycles. The Morgan fingerprint density at radius 2 is 1.86 bits per heavy atom. The van der Waals surface area contributed by atoms with E-state index in [1.807, 2.05) is 32.0 Å². The van der Waals surface area contributed by atoms with Crippen LogP contribution in [0.25, 0.3) is 0 Å². The molecule has 114 valence electrons. The van der Waals surface area contributed by atoms with E-state index in [0.717, 1.165) is 11.1 Å². The normalized spacial score (nSPS) is 21.6. The average molecular weight is 290 g/mol. The number of likely N-dealkylation sites (tertiary alicyclic amines) is 1. The van der Waals surface area contributed by atoms with Gasteiger partial charge >= 0.3 is 0 Å². The van der Waals surface area contributed by atoms with Crippen LogP contribution in [0.1, 0.15) is 21.5 Å². The lowest BCUT2D eigenvalue weighted by Gasteiger charge is -2.17. The van der Waals surface area contributed by atoms with Crippen LogP contribution in [0.3, 0.4) is 0 Å². The first-order chi connectivity index (χ1) is 9.92. The van der Waals surface area contributed by atoms with Crippen molar-refractivity contribution in [3.05, 3.63) is 34.9 Å². The third-order valence-electron chi connectivity index (χ3n) is 3.94. The third-order valence-corrected chi connectivity index (χ3v) is 3.94. The summed E-state index contributed by atoms with van der Waals surface area (Å²) >= 11 is 0. The lowest BCUT2D eigenvalue weighted by Crippen LogP contribution is -2.32. The molecule has 1 fully saturated rings. The van der Waals surface area contributed by atoms with E-state index >= 15 is 0 Å². The molecule has 0 bridgehead atoms. The Morgan fingerprint density at radius 1 is 1.24 bits per heavy atom. The van der Waals surface area contributed by atoms with Gasteiger partial charge in [-0.15, -0.1) is 0 Å². The number of ether oxygens (including phenoxy) is 1. The Morgan fingerprint density at radius 3 is 2.38 bits per heavy atom. The van der Waals surface area contributed by atoms with Gasteiger partial charge < -0.3 is 15.4 Å². The van der Waals surface area contributed by atoms with Crippen molar-refractivity contribution in [1.82, 2.24) is 4.90 Å². The van der Waals surface area contributed by atoms with E-state index in [-0.39, 0.29) is 23.7 Å². The van der Waals surface area contributed by atoms with Crippen LogP contribution in [-0.4, -0.2) is 43.5 Å². The van der Waals surface area contributed by atoms with Crippen molar-refractivity contribution < 1.29 is 14.3 Å². The van der Waals surface area contributed by atoms with Crippen LogP contribution in [0, 0.1) is 25.7 Å². The number of amides is 2. The predicted octanol–water partition coefficient (Wildman–Crippen LogP) is 1.12. The lowest BCUT2D eigenvalue weighted by atomic mass is 9.96. The summed E-state index contributed by atoms with van der Waals surface area (Å²) in [7, 11) is 1.59. The maximum atomic E-state index is 12.6. The number of methoxy groups -OCH3 is 1. The van der Waals surface area contributed by atoms with Crippen molar-refractivity contribution in [1.29, 1.82) is 0 Å². The molecule has 0 radical (unpaired) electrons. The summed E-state index contributed by atoms with van der Waals surface area (Å²) in [6, 6.07) is 5.78. The molecule has 1 saturated heterocycles. The molecule has 1 heterocycles. The molecule has 0 saturated carbocycles. The number of benzene rings is 1. The minimum absolute atomic E-state index is 0.0256. The number of nitrogens with two attached hydrogens (primary N) is 1. The van der Waals surface area contributed by atoms with Gasteiger partial charge in [0, 0.05) is 31.7 Å². The molecule has 2 atom stereocenters. The molecule has 1 aromatic rings. The molecule has 2 rings (SSSR count). The van der Waals surface area contributed by atoms with Gasteiger partial charge in [-0.2, -0.15) is 0 Å². The Balaban J connectivity index is 2.18. The number of carbonyl (C=O) groups excluding carboxylic acids is 2. The Bertz CT molecular complexity index is 536. The molecule has 0 aromatic heterocycles. The summed E-state index contributed by atoms with van der Waals surface area (Å²) in [5.41, 5.74) is 8.20. The van der Waals surface area contributed by atoms with Gasteiger partial charge in [0.05, 0.1) is 12.5 Å². The third kappa shape index (κ3) is 3.42. The standard InChI is InChI=1S/C16H22N2O3/c1-10-4-11(2)6-12(5-10)16(20)18-7-13(9-21-3)14(8-18)15(17)19/h4-6,13-14H,7-9H2,1-3H3,(H2,17,19)/t13-,14+/m0/s1. The fourth-order valence-corrected chi connectivity index (χ4v) is 3.02. The van der Waals surface area contributed by atoms with Crippen LogP contribution < -0.4 is 5.73 Å². The van der Waals surface area contributed by atoms with E-state index in [9.17, 15) is 9.59 Å². The fraction of sp³-hybridized carbons (Fsp3) is 0.500. The van der Waals surface area contributed by atoms with Crippen LogP contribution in [0.4, 0.5) is 0 Å². The summed E-state index contributed by atoms with van der Waals surface area (Å²) in [5.74, 6) is -0.776. The van der Waals surface area contributed by atoms with Crippen LogP contribution in [0.15, 0.2) is 18.2 Å². The highest BCUT2D eigenvalue weighted by Gasteiger charge is 2.38. The first-order valence-electron chi connectivity index (χ1n) is 7.08. The number of aryl methyl sites for hydroxylation is 2. The summed E-state index contributed by atoms with van der Waals surface area (Å²) in [5, 5.41) is 0. The zero-order chi connectivity index (χ0) is 15.6. The van der Waals surface area contributed by atoms with E-state index < -0.39 is 0 Å². The summed E-state index contributed by atoms with van der Waals surface area (Å²) in [6.07, 6.45) is 0. The van der Waals surface area contributed by atoms with Crippen molar-refractivity contribution in [3.63, 3.8) is 0 Å². The van der Waals surface area contributed by atoms with Crippen LogP contribution in [-0.2, 0) is 9.53 Å². The number of nitrogens with zero attached hydrogens (tertiary/aromatic N) is 1. The van der Waals surface area contributed by atoms with Gasteiger partial charge in [0.1, 0.15) is 0 Å². The van der Waals surface area contributed by atoms with Gasteiger partial charge in [-0.3, -0.25) is 9.59 Å². The number of carbonyl (C=O) groups is 2. The summed E-state index contributed by atoms with van der Waals surface area (Å²) in [4.78, 5) is 25.8. The smallest absolute Gasteiger partial charge is 0.253 e. The predicted molar refractivity (Wildman–Crippen MR) is 79.9 cm³/mol. The van der Waals surface area contributed by atoms with E-state index in [0.29, 0.717) is 25.3 Å². The minimum atomic E-state index is -0.368. The number of primary amides is 1. The molecule has 0 aliphatic carbocycles. The quantitative estimate of drug-likeness (QED) is 0.903. The van der Waals surface area contributed by atoms with Crippen molar-refractivity contribution in [2.24, 2.45) is 17.6 Å². The molecular weight excluding hydrogens is 268 g/mol. The molecule has 5 heteroatoms. The molecule has 0 unspecified atom stereocenters. The monoisotopic (exact) mass is 290 g/mol. The van der Waals surface area contributed by atoms with E-state index in [4.69, 9.17) is 10.5 Å². The Labute approximate surface area is 125 Å². The molecule has 1 aromatic carbocycles. The maximum Gasteiger partial charge on any atom is 0.253 e. The van der Waals surface area contributed by atoms with E-state index in [1.165, 1.54) is 0 Å². The molecule has 2 N–H and O–H groups in total. The highest BCUT2D eigenvalue weighted by Crippen LogP contribution is 2.25. The second-order valence-corrected chi connectivity index (χ2v) is 5.81. The average Bonchev–Trinajstić information content (AvgIpc) is 2.81. The van der Waals surface area contributed by atoms with E-state index in [2.05, 4.69) is 0 Å². The maximum absolute atomic E-state index is 12.6. The number of hydrogen-bond donors (Lipinski definition) is 1.